The molecular weight excluding hydrogens is 720 g/mol. The fraction of sp³-hybridized carbons (Fsp3) is 0.514. The summed E-state index contributed by atoms with van der Waals surface area (Å²) in [6.07, 6.45) is 8.39. The average Bonchev–Trinajstić information content (AvgIpc) is 2.95. The molecular formula is C37H42Cl2INO4. The van der Waals surface area contributed by atoms with E-state index in [1.54, 1.807) is 19.2 Å². The van der Waals surface area contributed by atoms with Crippen LogP contribution >= 0.6 is 45.8 Å². The molecule has 0 aromatic heterocycles. The Bertz CT molecular complexity index is 1560. The van der Waals surface area contributed by atoms with Gasteiger partial charge >= 0.3 is 0 Å². The molecule has 0 unspecified atom stereocenters. The zero-order chi connectivity index (χ0) is 32.3. The summed E-state index contributed by atoms with van der Waals surface area (Å²) >= 11 is 14.8. The molecule has 240 valence electrons. The first-order chi connectivity index (χ1) is 21.3. The molecule has 3 aliphatic carbocycles. The van der Waals surface area contributed by atoms with Crippen molar-refractivity contribution in [2.24, 2.45) is 10.8 Å². The molecule has 0 bridgehead atoms. The number of hydrogen-bond acceptors (Lipinski definition) is 5. The Morgan fingerprint density at radius 3 is 2.02 bits per heavy atom. The predicted octanol–water partition coefficient (Wildman–Crippen LogP) is 10.2. The number of carbonyl (C=O) groups is 2. The second-order valence-corrected chi connectivity index (χ2v) is 16.8. The van der Waals surface area contributed by atoms with Crippen molar-refractivity contribution in [3.8, 4) is 11.5 Å². The van der Waals surface area contributed by atoms with Gasteiger partial charge in [-0.05, 0) is 88.9 Å². The first kappa shape index (κ1) is 32.9. The number of ketones is 2. The second kappa shape index (κ2) is 12.5. The van der Waals surface area contributed by atoms with Crippen molar-refractivity contribution >= 4 is 57.4 Å². The first-order valence-corrected chi connectivity index (χ1v) is 17.9. The van der Waals surface area contributed by atoms with Gasteiger partial charge < -0.3 is 14.4 Å². The number of benzene rings is 2. The minimum absolute atomic E-state index is 0.146. The Morgan fingerprint density at radius 1 is 0.867 bits per heavy atom. The number of methoxy groups -OCH3 is 1. The topological polar surface area (TPSA) is 55.8 Å². The van der Waals surface area contributed by atoms with E-state index < -0.39 is 5.92 Å². The molecule has 8 heteroatoms. The minimum atomic E-state index is -0.427. The smallest absolute Gasteiger partial charge is 0.174 e. The molecule has 2 aromatic carbocycles. The van der Waals surface area contributed by atoms with Crippen LogP contribution in [0.3, 0.4) is 0 Å². The van der Waals surface area contributed by atoms with Crippen molar-refractivity contribution < 1.29 is 19.1 Å². The third-order valence-electron chi connectivity index (χ3n) is 9.86. The zero-order valence-electron chi connectivity index (χ0n) is 26.8. The van der Waals surface area contributed by atoms with Crippen LogP contribution in [-0.2, 0) is 16.2 Å². The molecule has 1 saturated carbocycles. The number of Topliss-reactive ketones (excluding diaryl/α,β-unsaturated/α-hetero) is 2. The van der Waals surface area contributed by atoms with Gasteiger partial charge in [-0.3, -0.25) is 9.59 Å². The summed E-state index contributed by atoms with van der Waals surface area (Å²) < 4.78 is 13.0. The number of nitrogens with zero attached hydrogens (tertiary/aromatic N) is 1. The number of rotatable bonds is 6. The van der Waals surface area contributed by atoms with Crippen LogP contribution in [0.1, 0.15) is 103 Å². The molecule has 1 heterocycles. The molecule has 0 amide bonds. The van der Waals surface area contributed by atoms with Crippen LogP contribution in [0.15, 0.2) is 52.9 Å². The SMILES string of the molecule is COc1cc(C2C3=C(CC(C)(C)CC3=O)N(C3CCCCC3)C3=C2C(=O)CC(C)(C)C3)cc(I)c1OCc1ccc(Cl)cc1Cl. The summed E-state index contributed by atoms with van der Waals surface area (Å²) in [5, 5.41) is 1.10. The Hall–Kier alpha value is -2.03. The highest BCUT2D eigenvalue weighted by Crippen LogP contribution is 2.56. The molecule has 6 rings (SSSR count). The zero-order valence-corrected chi connectivity index (χ0v) is 30.5. The molecule has 4 aliphatic rings. The lowest BCUT2D eigenvalue weighted by molar-refractivity contribution is -0.119. The Labute approximate surface area is 290 Å². The van der Waals surface area contributed by atoms with Crippen molar-refractivity contribution in [2.75, 3.05) is 7.11 Å². The van der Waals surface area contributed by atoms with E-state index in [1.165, 1.54) is 19.3 Å². The lowest BCUT2D eigenvalue weighted by atomic mass is 9.63. The van der Waals surface area contributed by atoms with Crippen molar-refractivity contribution in [1.82, 2.24) is 4.90 Å². The van der Waals surface area contributed by atoms with Gasteiger partial charge in [-0.25, -0.2) is 0 Å². The highest BCUT2D eigenvalue weighted by molar-refractivity contribution is 14.1. The summed E-state index contributed by atoms with van der Waals surface area (Å²) in [6.45, 7) is 9.05. The number of hydrogen-bond donors (Lipinski definition) is 0. The summed E-state index contributed by atoms with van der Waals surface area (Å²) in [5.74, 6) is 1.05. The normalized spacial score (nSPS) is 22.0. The van der Waals surface area contributed by atoms with Crippen molar-refractivity contribution in [3.63, 3.8) is 0 Å². The predicted molar refractivity (Wildman–Crippen MR) is 188 cm³/mol. The quantitative estimate of drug-likeness (QED) is 0.275. The maximum absolute atomic E-state index is 14.3. The second-order valence-electron chi connectivity index (χ2n) is 14.8. The summed E-state index contributed by atoms with van der Waals surface area (Å²) in [6, 6.07) is 9.71. The lowest BCUT2D eigenvalue weighted by Crippen LogP contribution is -2.48. The maximum Gasteiger partial charge on any atom is 0.174 e. The largest absolute Gasteiger partial charge is 0.493 e. The van der Waals surface area contributed by atoms with Gasteiger partial charge in [-0.15, -0.1) is 0 Å². The molecule has 5 nitrogen and oxygen atoms in total. The highest BCUT2D eigenvalue weighted by Gasteiger charge is 2.50. The van der Waals surface area contributed by atoms with Crippen LogP contribution in [0.2, 0.25) is 10.0 Å². The van der Waals surface area contributed by atoms with E-state index >= 15 is 0 Å². The summed E-state index contributed by atoms with van der Waals surface area (Å²) in [4.78, 5) is 31.1. The van der Waals surface area contributed by atoms with Gasteiger partial charge in [-0.2, -0.15) is 0 Å². The fourth-order valence-corrected chi connectivity index (χ4v) is 9.19. The monoisotopic (exact) mass is 761 g/mol. The number of allylic oxidation sites excluding steroid dienone is 4. The Kier molecular flexibility index (Phi) is 9.16. The van der Waals surface area contributed by atoms with Crippen LogP contribution in [0.25, 0.3) is 0 Å². The molecule has 0 atom stereocenters. The third kappa shape index (κ3) is 6.45. The molecule has 0 radical (unpaired) electrons. The van der Waals surface area contributed by atoms with Crippen molar-refractivity contribution in [2.45, 2.75) is 104 Å². The number of halogens is 3. The van der Waals surface area contributed by atoms with Gasteiger partial charge in [-0.1, -0.05) is 76.2 Å². The van der Waals surface area contributed by atoms with E-state index in [0.29, 0.717) is 40.4 Å². The summed E-state index contributed by atoms with van der Waals surface area (Å²) in [5.41, 5.74) is 5.33. The first-order valence-electron chi connectivity index (χ1n) is 16.0. The van der Waals surface area contributed by atoms with Crippen LogP contribution in [0, 0.1) is 14.4 Å². The minimum Gasteiger partial charge on any atom is -0.493 e. The van der Waals surface area contributed by atoms with Crippen molar-refractivity contribution in [1.29, 1.82) is 0 Å². The molecule has 45 heavy (non-hydrogen) atoms. The van der Waals surface area contributed by atoms with Gasteiger partial charge in [0, 0.05) is 63.0 Å². The molecule has 0 N–H and O–H groups in total. The average molecular weight is 763 g/mol. The van der Waals surface area contributed by atoms with E-state index in [9.17, 15) is 9.59 Å². The van der Waals surface area contributed by atoms with Crippen LogP contribution in [0.5, 0.6) is 11.5 Å². The summed E-state index contributed by atoms with van der Waals surface area (Å²) in [7, 11) is 1.63. The Balaban J connectivity index is 1.49. The lowest BCUT2D eigenvalue weighted by Gasteiger charge is -2.52. The van der Waals surface area contributed by atoms with E-state index in [1.807, 2.05) is 12.1 Å². The van der Waals surface area contributed by atoms with E-state index in [-0.39, 0.29) is 29.0 Å². The number of carbonyl (C=O) groups excluding carboxylic acids is 2. The fourth-order valence-electron chi connectivity index (χ4n) is 7.94. The van der Waals surface area contributed by atoms with E-state index in [0.717, 1.165) is 62.9 Å². The van der Waals surface area contributed by atoms with Gasteiger partial charge in [0.1, 0.15) is 6.61 Å². The van der Waals surface area contributed by atoms with Crippen molar-refractivity contribution in [3.05, 3.63) is 77.6 Å². The molecule has 2 aromatic rings. The van der Waals surface area contributed by atoms with E-state index in [2.05, 4.69) is 61.3 Å². The molecule has 0 saturated heterocycles. The van der Waals surface area contributed by atoms with Crippen LogP contribution < -0.4 is 9.47 Å². The van der Waals surface area contributed by atoms with Gasteiger partial charge in [0.05, 0.1) is 10.7 Å². The molecule has 0 spiro atoms. The Morgan fingerprint density at radius 2 is 1.47 bits per heavy atom. The third-order valence-corrected chi connectivity index (χ3v) is 11.3. The number of ether oxygens (including phenoxy) is 2. The van der Waals surface area contributed by atoms with Gasteiger partial charge in [0.25, 0.3) is 0 Å². The van der Waals surface area contributed by atoms with Crippen LogP contribution in [-0.4, -0.2) is 29.6 Å². The van der Waals surface area contributed by atoms with Gasteiger partial charge in [0.2, 0.25) is 0 Å². The maximum atomic E-state index is 14.3. The highest BCUT2D eigenvalue weighted by atomic mass is 127. The molecule has 1 aliphatic heterocycles. The van der Waals surface area contributed by atoms with E-state index in [4.69, 9.17) is 32.7 Å². The van der Waals surface area contributed by atoms with Crippen LogP contribution in [0.4, 0.5) is 0 Å². The standard InChI is InChI=1S/C37H42Cl2INO4/c1-36(2)16-27-33(29(42)18-36)32(34-28(17-37(3,4)19-30(34)43)41(27)24-9-7-6-8-10-24)22-13-26(40)35(31(14-22)44-5)45-20-21-11-12-23(38)15-25(21)39/h11-15,24,32H,6-10,16-20H2,1-5H3. The van der Waals surface area contributed by atoms with Gasteiger partial charge in [0.15, 0.2) is 23.1 Å². The molecule has 1 fully saturated rings.